The Bertz CT molecular complexity index is 354. The van der Waals surface area contributed by atoms with Crippen LogP contribution in [0.5, 0.6) is 0 Å². The lowest BCUT2D eigenvalue weighted by molar-refractivity contribution is -0.0703. The number of hydrogen-bond acceptors (Lipinski definition) is 2. The van der Waals surface area contributed by atoms with Gasteiger partial charge < -0.3 is 9.84 Å². The number of aryl methyl sites for hydroxylation is 2. The molecule has 0 saturated carbocycles. The van der Waals surface area contributed by atoms with Gasteiger partial charge in [0.25, 0.3) is 0 Å². The molecule has 1 fully saturated rings. The van der Waals surface area contributed by atoms with Crippen molar-refractivity contribution in [2.75, 3.05) is 19.8 Å². The predicted octanol–water partition coefficient (Wildman–Crippen LogP) is 1.95. The van der Waals surface area contributed by atoms with Gasteiger partial charge in [0.05, 0.1) is 13.2 Å². The Balaban J connectivity index is 2.34. The molecule has 0 atom stereocenters. The summed E-state index contributed by atoms with van der Waals surface area (Å²) < 4.78 is 5.32. The third-order valence-electron chi connectivity index (χ3n) is 3.30. The van der Waals surface area contributed by atoms with E-state index in [0.29, 0.717) is 0 Å². The van der Waals surface area contributed by atoms with Crippen LogP contribution in [0.2, 0.25) is 0 Å². The highest BCUT2D eigenvalue weighted by Gasteiger charge is 2.40. The first-order valence-electron chi connectivity index (χ1n) is 5.44. The van der Waals surface area contributed by atoms with Crippen molar-refractivity contribution in [1.82, 2.24) is 0 Å². The summed E-state index contributed by atoms with van der Waals surface area (Å²) in [6.45, 7) is 5.97. The number of ether oxygens (including phenoxy) is 1. The second kappa shape index (κ2) is 3.95. The van der Waals surface area contributed by atoms with Crippen molar-refractivity contribution in [2.45, 2.75) is 25.7 Å². The number of aliphatic hydroxyl groups excluding tert-OH is 1. The number of rotatable bonds is 3. The number of benzene rings is 1. The first kappa shape index (κ1) is 10.7. The SMILES string of the molecule is Cc1ccc(C2(CCO)COC2)c(C)c1. The van der Waals surface area contributed by atoms with Crippen molar-refractivity contribution in [3.05, 3.63) is 34.9 Å². The highest BCUT2D eigenvalue weighted by molar-refractivity contribution is 5.38. The average molecular weight is 206 g/mol. The van der Waals surface area contributed by atoms with Crippen molar-refractivity contribution < 1.29 is 9.84 Å². The number of hydrogen-bond donors (Lipinski definition) is 1. The largest absolute Gasteiger partial charge is 0.396 e. The van der Waals surface area contributed by atoms with Gasteiger partial charge in [-0.05, 0) is 31.4 Å². The molecule has 1 aromatic rings. The standard InChI is InChI=1S/C13H18O2/c1-10-3-4-12(11(2)7-10)13(5-6-14)8-15-9-13/h3-4,7,14H,5-6,8-9H2,1-2H3. The van der Waals surface area contributed by atoms with E-state index in [9.17, 15) is 0 Å². The maximum atomic E-state index is 9.12. The summed E-state index contributed by atoms with van der Waals surface area (Å²) in [5.41, 5.74) is 4.02. The molecular formula is C13H18O2. The quantitative estimate of drug-likeness (QED) is 0.819. The second-order valence-corrected chi connectivity index (χ2v) is 4.57. The molecule has 2 rings (SSSR count). The maximum Gasteiger partial charge on any atom is 0.0586 e. The van der Waals surface area contributed by atoms with E-state index in [4.69, 9.17) is 9.84 Å². The van der Waals surface area contributed by atoms with Crippen LogP contribution in [0.4, 0.5) is 0 Å². The third-order valence-corrected chi connectivity index (χ3v) is 3.30. The summed E-state index contributed by atoms with van der Waals surface area (Å²) >= 11 is 0. The molecule has 0 bridgehead atoms. The minimum atomic E-state index is 0.0759. The normalized spacial score (nSPS) is 18.6. The summed E-state index contributed by atoms with van der Waals surface area (Å²) in [5.74, 6) is 0. The zero-order chi connectivity index (χ0) is 10.9. The molecule has 0 spiro atoms. The lowest BCUT2D eigenvalue weighted by atomic mass is 9.74. The van der Waals surface area contributed by atoms with Crippen molar-refractivity contribution >= 4 is 0 Å². The topological polar surface area (TPSA) is 29.5 Å². The van der Waals surface area contributed by atoms with Crippen LogP contribution in [0.15, 0.2) is 18.2 Å². The summed E-state index contributed by atoms with van der Waals surface area (Å²) in [6, 6.07) is 6.52. The van der Waals surface area contributed by atoms with E-state index in [0.717, 1.165) is 19.6 Å². The molecule has 82 valence electrons. The van der Waals surface area contributed by atoms with E-state index in [1.165, 1.54) is 16.7 Å². The molecule has 1 aliphatic rings. The zero-order valence-electron chi connectivity index (χ0n) is 9.42. The molecule has 2 heteroatoms. The van der Waals surface area contributed by atoms with Crippen LogP contribution in [0, 0.1) is 13.8 Å². The lowest BCUT2D eigenvalue weighted by Gasteiger charge is -2.42. The van der Waals surface area contributed by atoms with Crippen LogP contribution in [-0.2, 0) is 10.2 Å². The first-order chi connectivity index (χ1) is 7.18. The Morgan fingerprint density at radius 1 is 1.33 bits per heavy atom. The second-order valence-electron chi connectivity index (χ2n) is 4.57. The lowest BCUT2D eigenvalue weighted by Crippen LogP contribution is -2.47. The van der Waals surface area contributed by atoms with Gasteiger partial charge in [0.15, 0.2) is 0 Å². The van der Waals surface area contributed by atoms with Crippen molar-refractivity contribution in [1.29, 1.82) is 0 Å². The van der Waals surface area contributed by atoms with Crippen LogP contribution >= 0.6 is 0 Å². The summed E-state index contributed by atoms with van der Waals surface area (Å²) in [6.07, 6.45) is 0.802. The molecule has 1 heterocycles. The van der Waals surface area contributed by atoms with E-state index in [2.05, 4.69) is 32.0 Å². The molecule has 0 aromatic heterocycles. The molecule has 2 nitrogen and oxygen atoms in total. The average Bonchev–Trinajstić information content (AvgIpc) is 2.12. The Morgan fingerprint density at radius 2 is 2.07 bits per heavy atom. The van der Waals surface area contributed by atoms with Crippen LogP contribution in [0.3, 0.4) is 0 Å². The van der Waals surface area contributed by atoms with Crippen LogP contribution in [-0.4, -0.2) is 24.9 Å². The smallest absolute Gasteiger partial charge is 0.0586 e. The molecule has 15 heavy (non-hydrogen) atoms. The molecule has 1 aliphatic heterocycles. The Morgan fingerprint density at radius 3 is 2.53 bits per heavy atom. The minimum Gasteiger partial charge on any atom is -0.396 e. The monoisotopic (exact) mass is 206 g/mol. The van der Waals surface area contributed by atoms with Gasteiger partial charge in [-0.25, -0.2) is 0 Å². The van der Waals surface area contributed by atoms with Crippen LogP contribution in [0.1, 0.15) is 23.1 Å². The van der Waals surface area contributed by atoms with Gasteiger partial charge in [-0.1, -0.05) is 23.8 Å². The van der Waals surface area contributed by atoms with E-state index >= 15 is 0 Å². The van der Waals surface area contributed by atoms with Gasteiger partial charge in [-0.2, -0.15) is 0 Å². The maximum absolute atomic E-state index is 9.12. The highest BCUT2D eigenvalue weighted by Crippen LogP contribution is 2.37. The molecule has 1 N–H and O–H groups in total. The highest BCUT2D eigenvalue weighted by atomic mass is 16.5. The minimum absolute atomic E-state index is 0.0759. The molecule has 0 unspecified atom stereocenters. The molecular weight excluding hydrogens is 188 g/mol. The van der Waals surface area contributed by atoms with Crippen LogP contribution < -0.4 is 0 Å². The summed E-state index contributed by atoms with van der Waals surface area (Å²) in [4.78, 5) is 0. The van der Waals surface area contributed by atoms with Crippen molar-refractivity contribution in [3.8, 4) is 0 Å². The molecule has 0 amide bonds. The fourth-order valence-corrected chi connectivity index (χ4v) is 2.41. The van der Waals surface area contributed by atoms with Crippen LogP contribution in [0.25, 0.3) is 0 Å². The van der Waals surface area contributed by atoms with Gasteiger partial charge in [0, 0.05) is 12.0 Å². The van der Waals surface area contributed by atoms with Gasteiger partial charge in [-0.3, -0.25) is 0 Å². The van der Waals surface area contributed by atoms with Gasteiger partial charge in [0.1, 0.15) is 0 Å². The van der Waals surface area contributed by atoms with Gasteiger partial charge in [-0.15, -0.1) is 0 Å². The molecule has 0 aliphatic carbocycles. The van der Waals surface area contributed by atoms with Gasteiger partial charge in [0.2, 0.25) is 0 Å². The van der Waals surface area contributed by atoms with E-state index in [1.807, 2.05) is 0 Å². The fourth-order valence-electron chi connectivity index (χ4n) is 2.41. The summed E-state index contributed by atoms with van der Waals surface area (Å²) in [5, 5.41) is 9.12. The van der Waals surface area contributed by atoms with Crippen molar-refractivity contribution in [2.24, 2.45) is 0 Å². The van der Waals surface area contributed by atoms with E-state index in [-0.39, 0.29) is 12.0 Å². The Kier molecular flexibility index (Phi) is 2.81. The molecule has 1 saturated heterocycles. The Labute approximate surface area is 90.9 Å². The van der Waals surface area contributed by atoms with Crippen molar-refractivity contribution in [3.63, 3.8) is 0 Å². The summed E-state index contributed by atoms with van der Waals surface area (Å²) in [7, 11) is 0. The third kappa shape index (κ3) is 1.80. The number of aliphatic hydroxyl groups is 1. The van der Waals surface area contributed by atoms with E-state index < -0.39 is 0 Å². The Hall–Kier alpha value is -0.860. The van der Waals surface area contributed by atoms with Gasteiger partial charge >= 0.3 is 0 Å². The molecule has 1 aromatic carbocycles. The fraction of sp³-hybridized carbons (Fsp3) is 0.538. The van der Waals surface area contributed by atoms with E-state index in [1.54, 1.807) is 0 Å². The zero-order valence-corrected chi connectivity index (χ0v) is 9.42. The predicted molar refractivity (Wildman–Crippen MR) is 60.1 cm³/mol. The molecule has 0 radical (unpaired) electrons. The first-order valence-corrected chi connectivity index (χ1v) is 5.44.